The third-order valence-corrected chi connectivity index (χ3v) is 5.44. The van der Waals surface area contributed by atoms with E-state index in [0.717, 1.165) is 28.1 Å². The predicted molar refractivity (Wildman–Crippen MR) is 124 cm³/mol. The number of carbonyl (C=O) groups excluding carboxylic acids is 2. The fourth-order valence-corrected chi connectivity index (χ4v) is 3.74. The summed E-state index contributed by atoms with van der Waals surface area (Å²) in [4.78, 5) is 38.2. The summed E-state index contributed by atoms with van der Waals surface area (Å²) in [5.74, 6) is -0.772. The molecule has 2 aromatic carbocycles. The Bertz CT molecular complexity index is 1200. The molecule has 6 nitrogen and oxygen atoms in total. The molecule has 6 heteroatoms. The van der Waals surface area contributed by atoms with Gasteiger partial charge in [0.2, 0.25) is 0 Å². The van der Waals surface area contributed by atoms with Crippen LogP contribution >= 0.6 is 0 Å². The van der Waals surface area contributed by atoms with Crippen LogP contribution in [0.3, 0.4) is 0 Å². The van der Waals surface area contributed by atoms with E-state index in [2.05, 4.69) is 10.6 Å². The molecule has 0 aliphatic rings. The Morgan fingerprint density at radius 3 is 2.16 bits per heavy atom. The first-order valence-electron chi connectivity index (χ1n) is 10.2. The summed E-state index contributed by atoms with van der Waals surface area (Å²) in [6, 6.07) is 14.1. The molecule has 31 heavy (non-hydrogen) atoms. The fraction of sp³-hybridized carbons (Fsp3) is 0.240. The highest BCUT2D eigenvalue weighted by molar-refractivity contribution is 6.07. The quantitative estimate of drug-likeness (QED) is 0.647. The maximum absolute atomic E-state index is 12.8. The van der Waals surface area contributed by atoms with E-state index in [9.17, 15) is 14.4 Å². The van der Waals surface area contributed by atoms with E-state index in [1.165, 1.54) is 4.57 Å². The van der Waals surface area contributed by atoms with E-state index in [0.29, 0.717) is 17.7 Å². The number of anilines is 2. The lowest BCUT2D eigenvalue weighted by atomic mass is 10.1. The molecule has 2 amide bonds. The van der Waals surface area contributed by atoms with Crippen molar-refractivity contribution in [3.63, 3.8) is 0 Å². The Kier molecular flexibility index (Phi) is 6.39. The van der Waals surface area contributed by atoms with Crippen molar-refractivity contribution in [2.45, 2.75) is 34.1 Å². The van der Waals surface area contributed by atoms with E-state index in [1.807, 2.05) is 45.9 Å². The van der Waals surface area contributed by atoms with Gasteiger partial charge >= 0.3 is 0 Å². The Labute approximate surface area is 181 Å². The third-order valence-electron chi connectivity index (χ3n) is 5.44. The average Bonchev–Trinajstić information content (AvgIpc) is 2.74. The minimum absolute atomic E-state index is 0.0718. The second-order valence-corrected chi connectivity index (χ2v) is 7.66. The van der Waals surface area contributed by atoms with Gasteiger partial charge in [0.25, 0.3) is 17.4 Å². The molecule has 0 atom stereocenters. The van der Waals surface area contributed by atoms with Gasteiger partial charge in [-0.25, -0.2) is 0 Å². The second-order valence-electron chi connectivity index (χ2n) is 7.66. The van der Waals surface area contributed by atoms with Crippen LogP contribution in [0.1, 0.15) is 50.0 Å². The monoisotopic (exact) mass is 417 g/mol. The fourth-order valence-electron chi connectivity index (χ4n) is 3.74. The summed E-state index contributed by atoms with van der Waals surface area (Å²) in [5, 5.41) is 5.68. The number of hydrogen-bond acceptors (Lipinski definition) is 3. The number of para-hydroxylation sites is 1. The van der Waals surface area contributed by atoms with Crippen LogP contribution in [0.15, 0.2) is 53.3 Å². The van der Waals surface area contributed by atoms with Crippen LogP contribution in [0.5, 0.6) is 0 Å². The van der Waals surface area contributed by atoms with Crippen LogP contribution in [0.25, 0.3) is 0 Å². The molecule has 0 unspecified atom stereocenters. The molecule has 0 bridgehead atoms. The Morgan fingerprint density at radius 2 is 1.52 bits per heavy atom. The summed E-state index contributed by atoms with van der Waals surface area (Å²) in [6.45, 7) is 7.72. The number of aromatic nitrogens is 1. The van der Waals surface area contributed by atoms with E-state index in [1.54, 1.807) is 37.4 Å². The maximum Gasteiger partial charge on any atom is 0.263 e. The van der Waals surface area contributed by atoms with Crippen LogP contribution in [-0.2, 0) is 13.5 Å². The molecule has 3 aromatic rings. The van der Waals surface area contributed by atoms with Gasteiger partial charge in [-0.05, 0) is 68.1 Å². The molecule has 0 spiro atoms. The Balaban J connectivity index is 1.83. The number of nitrogens with zero attached hydrogens (tertiary/aromatic N) is 1. The SMILES string of the molecule is CCc1c(C)cc(C(=O)Nc2cccc(C(=O)Nc3c(C)cccc3C)c2)c(=O)n1C. The molecule has 0 saturated carbocycles. The van der Waals surface area contributed by atoms with Gasteiger partial charge < -0.3 is 15.2 Å². The van der Waals surface area contributed by atoms with Crippen molar-refractivity contribution >= 4 is 23.2 Å². The van der Waals surface area contributed by atoms with E-state index < -0.39 is 5.91 Å². The molecule has 0 fully saturated rings. The van der Waals surface area contributed by atoms with E-state index >= 15 is 0 Å². The molecule has 1 heterocycles. The van der Waals surface area contributed by atoms with Crippen molar-refractivity contribution in [2.75, 3.05) is 10.6 Å². The number of rotatable bonds is 5. The number of carbonyl (C=O) groups is 2. The number of benzene rings is 2. The maximum atomic E-state index is 12.8. The van der Waals surface area contributed by atoms with Crippen molar-refractivity contribution in [1.82, 2.24) is 4.57 Å². The lowest BCUT2D eigenvalue weighted by Gasteiger charge is -2.14. The lowest BCUT2D eigenvalue weighted by Crippen LogP contribution is -2.30. The van der Waals surface area contributed by atoms with Crippen molar-refractivity contribution in [3.05, 3.63) is 92.4 Å². The predicted octanol–water partition coefficient (Wildman–Crippen LogP) is 4.38. The Hall–Kier alpha value is -3.67. The standard InChI is InChI=1S/C25H27N3O3/c1-6-21-17(4)13-20(25(31)28(21)5)24(30)26-19-12-8-11-18(14-19)23(29)27-22-15(2)9-7-10-16(22)3/h7-14H,6H2,1-5H3,(H,26,30)(H,27,29). The van der Waals surface area contributed by atoms with Crippen molar-refractivity contribution in [2.24, 2.45) is 7.05 Å². The molecule has 0 aliphatic carbocycles. The zero-order chi connectivity index (χ0) is 22.7. The number of amides is 2. The zero-order valence-electron chi connectivity index (χ0n) is 18.5. The summed E-state index contributed by atoms with van der Waals surface area (Å²) in [6.07, 6.45) is 0.705. The zero-order valence-corrected chi connectivity index (χ0v) is 18.5. The Morgan fingerprint density at radius 1 is 0.871 bits per heavy atom. The van der Waals surface area contributed by atoms with E-state index in [-0.39, 0.29) is 17.0 Å². The van der Waals surface area contributed by atoms with Crippen LogP contribution in [0.2, 0.25) is 0 Å². The largest absolute Gasteiger partial charge is 0.322 e. The van der Waals surface area contributed by atoms with Gasteiger partial charge in [0.15, 0.2) is 0 Å². The van der Waals surface area contributed by atoms with Gasteiger partial charge in [-0.2, -0.15) is 0 Å². The van der Waals surface area contributed by atoms with Gasteiger partial charge in [-0.15, -0.1) is 0 Å². The molecule has 3 rings (SSSR count). The molecule has 0 radical (unpaired) electrons. The van der Waals surface area contributed by atoms with Gasteiger partial charge in [-0.1, -0.05) is 31.2 Å². The number of hydrogen-bond donors (Lipinski definition) is 2. The smallest absolute Gasteiger partial charge is 0.263 e. The third kappa shape index (κ3) is 4.58. The molecule has 160 valence electrons. The number of nitrogens with one attached hydrogen (secondary N) is 2. The van der Waals surface area contributed by atoms with Gasteiger partial charge in [0.1, 0.15) is 5.56 Å². The summed E-state index contributed by atoms with van der Waals surface area (Å²) < 4.78 is 1.51. The number of aryl methyl sites for hydroxylation is 3. The second kappa shape index (κ2) is 9.00. The van der Waals surface area contributed by atoms with E-state index in [4.69, 9.17) is 0 Å². The molecular weight excluding hydrogens is 390 g/mol. The minimum Gasteiger partial charge on any atom is -0.322 e. The topological polar surface area (TPSA) is 80.2 Å². The first kappa shape index (κ1) is 22.0. The van der Waals surface area contributed by atoms with Gasteiger partial charge in [0.05, 0.1) is 0 Å². The van der Waals surface area contributed by atoms with Gasteiger partial charge in [-0.3, -0.25) is 14.4 Å². The first-order chi connectivity index (χ1) is 14.7. The van der Waals surface area contributed by atoms with Crippen LogP contribution < -0.4 is 16.2 Å². The highest BCUT2D eigenvalue weighted by atomic mass is 16.2. The first-order valence-corrected chi connectivity index (χ1v) is 10.2. The molecule has 2 N–H and O–H groups in total. The minimum atomic E-state index is -0.501. The summed E-state index contributed by atoms with van der Waals surface area (Å²) in [7, 11) is 1.67. The normalized spacial score (nSPS) is 10.6. The highest BCUT2D eigenvalue weighted by Crippen LogP contribution is 2.21. The molecule has 0 saturated heterocycles. The molecular formula is C25H27N3O3. The lowest BCUT2D eigenvalue weighted by molar-refractivity contribution is 0.101. The average molecular weight is 418 g/mol. The summed E-state index contributed by atoms with van der Waals surface area (Å²) >= 11 is 0. The van der Waals surface area contributed by atoms with Gasteiger partial charge in [0, 0.05) is 29.7 Å². The highest BCUT2D eigenvalue weighted by Gasteiger charge is 2.16. The number of pyridine rings is 1. The summed E-state index contributed by atoms with van der Waals surface area (Å²) in [5.41, 5.74) is 5.08. The van der Waals surface area contributed by atoms with Crippen LogP contribution in [0, 0.1) is 20.8 Å². The molecule has 1 aromatic heterocycles. The van der Waals surface area contributed by atoms with Crippen molar-refractivity contribution in [1.29, 1.82) is 0 Å². The van der Waals surface area contributed by atoms with Crippen LogP contribution in [-0.4, -0.2) is 16.4 Å². The van der Waals surface area contributed by atoms with Crippen molar-refractivity contribution < 1.29 is 9.59 Å². The van der Waals surface area contributed by atoms with Crippen molar-refractivity contribution in [3.8, 4) is 0 Å². The molecule has 0 aliphatic heterocycles. The van der Waals surface area contributed by atoms with Crippen LogP contribution in [0.4, 0.5) is 11.4 Å².